The molecule has 0 radical (unpaired) electrons. The zero-order chi connectivity index (χ0) is 11.1. The van der Waals surface area contributed by atoms with Gasteiger partial charge in [-0.15, -0.1) is 0 Å². The van der Waals surface area contributed by atoms with E-state index < -0.39 is 0 Å². The van der Waals surface area contributed by atoms with Crippen molar-refractivity contribution in [3.05, 3.63) is 34.3 Å². The Labute approximate surface area is 99.2 Å². The number of halogens is 1. The predicted octanol–water partition coefficient (Wildman–Crippen LogP) is 2.91. The molecule has 0 aliphatic carbocycles. The second-order valence-corrected chi connectivity index (χ2v) is 4.43. The van der Waals surface area contributed by atoms with E-state index in [2.05, 4.69) is 28.2 Å². The summed E-state index contributed by atoms with van der Waals surface area (Å²) in [6.45, 7) is 2.89. The summed E-state index contributed by atoms with van der Waals surface area (Å²) in [7, 11) is 0. The third-order valence-electron chi connectivity index (χ3n) is 2.11. The van der Waals surface area contributed by atoms with Gasteiger partial charge in [0.15, 0.2) is 0 Å². The molecule has 0 fully saturated rings. The maximum absolute atomic E-state index is 11.5. The molecule has 0 unspecified atom stereocenters. The smallest absolute Gasteiger partial charge is 0.224 e. The number of carbonyl (C=O) groups is 1. The summed E-state index contributed by atoms with van der Waals surface area (Å²) >= 11 is 3.38. The van der Waals surface area contributed by atoms with Crippen molar-refractivity contribution in [2.45, 2.75) is 26.2 Å². The Morgan fingerprint density at radius 3 is 2.93 bits per heavy atom. The molecule has 82 valence electrons. The van der Waals surface area contributed by atoms with Crippen LogP contribution in [0.25, 0.3) is 0 Å². The van der Waals surface area contributed by atoms with Crippen LogP contribution in [0.4, 0.5) is 0 Å². The van der Waals surface area contributed by atoms with Gasteiger partial charge >= 0.3 is 0 Å². The van der Waals surface area contributed by atoms with Crippen LogP contribution in [-0.4, -0.2) is 12.5 Å². The number of carbonyl (C=O) groups excluding carboxylic acids is 1. The van der Waals surface area contributed by atoms with E-state index in [9.17, 15) is 4.79 Å². The highest BCUT2D eigenvalue weighted by molar-refractivity contribution is 9.10. The van der Waals surface area contributed by atoms with Gasteiger partial charge in [0.25, 0.3) is 0 Å². The van der Waals surface area contributed by atoms with Gasteiger partial charge in [-0.1, -0.05) is 41.4 Å². The Morgan fingerprint density at radius 1 is 1.47 bits per heavy atom. The second kappa shape index (κ2) is 6.62. The minimum Gasteiger partial charge on any atom is -0.356 e. The van der Waals surface area contributed by atoms with Gasteiger partial charge in [0.2, 0.25) is 5.91 Å². The fraction of sp³-hybridized carbons (Fsp3) is 0.417. The van der Waals surface area contributed by atoms with Crippen molar-refractivity contribution in [3.63, 3.8) is 0 Å². The first-order valence-corrected chi connectivity index (χ1v) is 6.03. The molecule has 1 aromatic rings. The van der Waals surface area contributed by atoms with Gasteiger partial charge in [0, 0.05) is 11.0 Å². The fourth-order valence-corrected chi connectivity index (χ4v) is 1.75. The van der Waals surface area contributed by atoms with Gasteiger partial charge in [0.1, 0.15) is 0 Å². The van der Waals surface area contributed by atoms with Crippen molar-refractivity contribution in [1.82, 2.24) is 5.32 Å². The molecule has 1 N–H and O–H groups in total. The summed E-state index contributed by atoms with van der Waals surface area (Å²) in [5, 5.41) is 2.90. The number of hydrogen-bond acceptors (Lipinski definition) is 1. The normalized spacial score (nSPS) is 10.0. The third kappa shape index (κ3) is 4.98. The molecule has 0 atom stereocenters. The first-order valence-electron chi connectivity index (χ1n) is 5.23. The molecule has 0 bridgehead atoms. The Bertz CT molecular complexity index is 325. The summed E-state index contributed by atoms with van der Waals surface area (Å²) < 4.78 is 1.02. The fourth-order valence-electron chi connectivity index (χ4n) is 1.30. The molecule has 0 aliphatic rings. The van der Waals surface area contributed by atoms with E-state index in [1.165, 1.54) is 0 Å². The van der Waals surface area contributed by atoms with Crippen LogP contribution in [0, 0.1) is 0 Å². The predicted molar refractivity (Wildman–Crippen MR) is 65.8 cm³/mol. The average molecular weight is 270 g/mol. The Morgan fingerprint density at radius 2 is 2.27 bits per heavy atom. The molecule has 0 saturated heterocycles. The zero-order valence-corrected chi connectivity index (χ0v) is 10.5. The number of hydrogen-bond donors (Lipinski definition) is 1. The Hall–Kier alpha value is -0.830. The summed E-state index contributed by atoms with van der Waals surface area (Å²) in [6.07, 6.45) is 2.62. The zero-order valence-electron chi connectivity index (χ0n) is 8.92. The molecule has 1 aromatic carbocycles. The van der Waals surface area contributed by atoms with Crippen molar-refractivity contribution >= 4 is 21.8 Å². The highest BCUT2D eigenvalue weighted by atomic mass is 79.9. The van der Waals surface area contributed by atoms with E-state index in [1.54, 1.807) is 0 Å². The summed E-state index contributed by atoms with van der Waals surface area (Å²) in [4.78, 5) is 11.5. The second-order valence-electron chi connectivity index (χ2n) is 3.51. The molecule has 0 aromatic heterocycles. The number of rotatable bonds is 5. The monoisotopic (exact) mass is 269 g/mol. The Balaban J connectivity index is 2.37. The van der Waals surface area contributed by atoms with Crippen LogP contribution in [0.5, 0.6) is 0 Å². The first-order chi connectivity index (χ1) is 7.22. The lowest BCUT2D eigenvalue weighted by molar-refractivity contribution is -0.120. The molecular formula is C12H16BrNO. The van der Waals surface area contributed by atoms with Crippen LogP contribution in [0.15, 0.2) is 28.7 Å². The number of nitrogens with one attached hydrogen (secondary N) is 1. The van der Waals surface area contributed by atoms with Gasteiger partial charge in [-0.05, 0) is 24.1 Å². The van der Waals surface area contributed by atoms with Crippen LogP contribution in [0.3, 0.4) is 0 Å². The van der Waals surface area contributed by atoms with E-state index in [1.807, 2.05) is 24.3 Å². The van der Waals surface area contributed by atoms with Crippen LogP contribution in [-0.2, 0) is 11.2 Å². The van der Waals surface area contributed by atoms with Crippen LogP contribution < -0.4 is 5.32 Å². The van der Waals surface area contributed by atoms with Crippen molar-refractivity contribution in [2.75, 3.05) is 6.54 Å². The molecule has 0 spiro atoms. The molecule has 0 saturated carbocycles. The minimum absolute atomic E-state index is 0.0987. The van der Waals surface area contributed by atoms with Crippen molar-refractivity contribution in [1.29, 1.82) is 0 Å². The van der Waals surface area contributed by atoms with Gasteiger partial charge < -0.3 is 5.32 Å². The quantitative estimate of drug-likeness (QED) is 0.819. The lowest BCUT2D eigenvalue weighted by Crippen LogP contribution is -2.25. The maximum Gasteiger partial charge on any atom is 0.224 e. The number of amides is 1. The molecule has 0 heterocycles. The van der Waals surface area contributed by atoms with Crippen molar-refractivity contribution in [3.8, 4) is 0 Å². The van der Waals surface area contributed by atoms with Crippen molar-refractivity contribution in [2.24, 2.45) is 0 Å². The summed E-state index contributed by atoms with van der Waals surface area (Å²) in [6, 6.07) is 7.83. The highest BCUT2D eigenvalue weighted by Crippen LogP contribution is 2.11. The van der Waals surface area contributed by atoms with E-state index in [-0.39, 0.29) is 5.91 Å². The molecule has 2 nitrogen and oxygen atoms in total. The van der Waals surface area contributed by atoms with E-state index in [0.29, 0.717) is 6.42 Å². The standard InChI is InChI=1S/C12H16BrNO/c1-2-3-7-14-12(15)9-10-5-4-6-11(13)8-10/h4-6,8H,2-3,7,9H2,1H3,(H,14,15). The van der Waals surface area contributed by atoms with Crippen LogP contribution in [0.2, 0.25) is 0 Å². The molecule has 15 heavy (non-hydrogen) atoms. The lowest BCUT2D eigenvalue weighted by Gasteiger charge is -2.04. The van der Waals surface area contributed by atoms with E-state index >= 15 is 0 Å². The number of unbranched alkanes of at least 4 members (excludes halogenated alkanes) is 1. The first kappa shape index (κ1) is 12.2. The topological polar surface area (TPSA) is 29.1 Å². The van der Waals surface area contributed by atoms with Crippen LogP contribution in [0.1, 0.15) is 25.3 Å². The SMILES string of the molecule is CCCCNC(=O)Cc1cccc(Br)c1. The van der Waals surface area contributed by atoms with Gasteiger partial charge in [0.05, 0.1) is 6.42 Å². The van der Waals surface area contributed by atoms with E-state index in [4.69, 9.17) is 0 Å². The Kier molecular flexibility index (Phi) is 5.40. The van der Waals surface area contributed by atoms with E-state index in [0.717, 1.165) is 29.4 Å². The molecule has 0 aliphatic heterocycles. The van der Waals surface area contributed by atoms with Gasteiger partial charge in [-0.3, -0.25) is 4.79 Å². The average Bonchev–Trinajstić information content (AvgIpc) is 2.18. The summed E-state index contributed by atoms with van der Waals surface area (Å²) in [5.74, 6) is 0.0987. The molecule has 1 amide bonds. The van der Waals surface area contributed by atoms with Crippen LogP contribution >= 0.6 is 15.9 Å². The van der Waals surface area contributed by atoms with Crippen molar-refractivity contribution < 1.29 is 4.79 Å². The minimum atomic E-state index is 0.0987. The van der Waals surface area contributed by atoms with Gasteiger partial charge in [-0.25, -0.2) is 0 Å². The maximum atomic E-state index is 11.5. The lowest BCUT2D eigenvalue weighted by atomic mass is 10.1. The highest BCUT2D eigenvalue weighted by Gasteiger charge is 2.02. The number of benzene rings is 1. The molecule has 3 heteroatoms. The largest absolute Gasteiger partial charge is 0.356 e. The summed E-state index contributed by atoms with van der Waals surface area (Å²) in [5.41, 5.74) is 1.04. The third-order valence-corrected chi connectivity index (χ3v) is 2.60. The molecular weight excluding hydrogens is 254 g/mol. The molecule has 1 rings (SSSR count). The van der Waals surface area contributed by atoms with Gasteiger partial charge in [-0.2, -0.15) is 0 Å².